The van der Waals surface area contributed by atoms with Gasteiger partial charge in [-0.3, -0.25) is 9.78 Å². The van der Waals surface area contributed by atoms with Gasteiger partial charge >= 0.3 is 0 Å². The summed E-state index contributed by atoms with van der Waals surface area (Å²) in [6.07, 6.45) is 3.34. The van der Waals surface area contributed by atoms with Crippen molar-refractivity contribution in [2.45, 2.75) is 6.42 Å². The van der Waals surface area contributed by atoms with Crippen molar-refractivity contribution in [2.24, 2.45) is 0 Å². The number of aromatic nitrogens is 1. The maximum absolute atomic E-state index is 11.2. The number of anilines is 1. The van der Waals surface area contributed by atoms with Crippen LogP contribution in [0.15, 0.2) is 31.0 Å². The molecule has 0 saturated carbocycles. The van der Waals surface area contributed by atoms with Gasteiger partial charge in [-0.15, -0.1) is 6.58 Å². The van der Waals surface area contributed by atoms with Crippen LogP contribution in [0.4, 0.5) is 5.69 Å². The van der Waals surface area contributed by atoms with Crippen molar-refractivity contribution in [1.29, 1.82) is 0 Å². The monoisotopic (exact) mass is 162 g/mol. The highest BCUT2D eigenvalue weighted by atomic mass is 16.1. The first kappa shape index (κ1) is 8.46. The number of rotatable bonds is 3. The van der Waals surface area contributed by atoms with Gasteiger partial charge in [0.05, 0.1) is 11.9 Å². The van der Waals surface area contributed by atoms with Gasteiger partial charge in [0.2, 0.25) is 0 Å². The van der Waals surface area contributed by atoms with Crippen molar-refractivity contribution in [3.63, 3.8) is 0 Å². The van der Waals surface area contributed by atoms with Crippen LogP contribution in [-0.4, -0.2) is 10.8 Å². The largest absolute Gasteiger partial charge is 0.397 e. The zero-order valence-electron chi connectivity index (χ0n) is 6.66. The average Bonchev–Trinajstić information content (AvgIpc) is 2.06. The van der Waals surface area contributed by atoms with E-state index in [0.717, 1.165) is 0 Å². The molecule has 0 amide bonds. The average molecular weight is 162 g/mol. The topological polar surface area (TPSA) is 56.0 Å². The third-order valence-corrected chi connectivity index (χ3v) is 1.40. The lowest BCUT2D eigenvalue weighted by Gasteiger charge is -1.96. The molecule has 2 N–H and O–H groups in total. The molecule has 0 unspecified atom stereocenters. The van der Waals surface area contributed by atoms with Gasteiger partial charge in [0.1, 0.15) is 5.69 Å². The second-order valence-electron chi connectivity index (χ2n) is 2.39. The number of carbonyl (C=O) groups excluding carboxylic acids is 1. The lowest BCUT2D eigenvalue weighted by atomic mass is 10.2. The Labute approximate surface area is 70.9 Å². The first-order valence-electron chi connectivity index (χ1n) is 3.59. The molecule has 3 nitrogen and oxygen atoms in total. The molecule has 0 radical (unpaired) electrons. The molecule has 1 aromatic heterocycles. The van der Waals surface area contributed by atoms with E-state index in [1.807, 2.05) is 0 Å². The van der Waals surface area contributed by atoms with Gasteiger partial charge in [-0.25, -0.2) is 0 Å². The Morgan fingerprint density at radius 1 is 1.67 bits per heavy atom. The van der Waals surface area contributed by atoms with Crippen molar-refractivity contribution < 1.29 is 4.79 Å². The zero-order chi connectivity index (χ0) is 8.97. The van der Waals surface area contributed by atoms with Gasteiger partial charge in [0, 0.05) is 6.42 Å². The third kappa shape index (κ3) is 1.92. The van der Waals surface area contributed by atoms with E-state index in [1.165, 1.54) is 6.20 Å². The molecular formula is C9H10N2O. The normalized spacial score (nSPS) is 9.33. The zero-order valence-corrected chi connectivity index (χ0v) is 6.66. The van der Waals surface area contributed by atoms with Crippen LogP contribution in [0, 0.1) is 0 Å². The molecule has 3 heteroatoms. The number of nitrogens with zero attached hydrogens (tertiary/aromatic N) is 1. The number of allylic oxidation sites excluding steroid dienone is 1. The molecule has 62 valence electrons. The lowest BCUT2D eigenvalue weighted by Crippen LogP contribution is -2.00. The molecule has 12 heavy (non-hydrogen) atoms. The van der Waals surface area contributed by atoms with Crippen molar-refractivity contribution >= 4 is 11.5 Å². The SMILES string of the molecule is C=CCC(=O)c1ccc(N)cn1. The highest BCUT2D eigenvalue weighted by Gasteiger charge is 2.03. The standard InChI is InChI=1S/C9H10N2O/c1-2-3-9(12)8-5-4-7(10)6-11-8/h2,4-6H,1,3,10H2. The summed E-state index contributed by atoms with van der Waals surface area (Å²) in [5.74, 6) is -0.0370. The fraction of sp³-hybridized carbons (Fsp3) is 0.111. The second kappa shape index (κ2) is 3.67. The Balaban J connectivity index is 2.82. The third-order valence-electron chi connectivity index (χ3n) is 1.40. The van der Waals surface area contributed by atoms with Gasteiger partial charge in [-0.2, -0.15) is 0 Å². The van der Waals surface area contributed by atoms with Crippen molar-refractivity contribution in [3.8, 4) is 0 Å². The summed E-state index contributed by atoms with van der Waals surface area (Å²) in [5, 5.41) is 0. The van der Waals surface area contributed by atoms with E-state index >= 15 is 0 Å². The maximum Gasteiger partial charge on any atom is 0.184 e. The number of ketones is 1. The van der Waals surface area contributed by atoms with Crippen molar-refractivity contribution in [3.05, 3.63) is 36.7 Å². The van der Waals surface area contributed by atoms with Gasteiger partial charge < -0.3 is 5.73 Å². The predicted molar refractivity (Wildman–Crippen MR) is 47.8 cm³/mol. The fourth-order valence-electron chi connectivity index (χ4n) is 0.806. The highest BCUT2D eigenvalue weighted by Crippen LogP contribution is 2.03. The van der Waals surface area contributed by atoms with Crippen LogP contribution in [0.1, 0.15) is 16.9 Å². The lowest BCUT2D eigenvalue weighted by molar-refractivity contribution is 0.0991. The van der Waals surface area contributed by atoms with E-state index in [-0.39, 0.29) is 5.78 Å². The number of nitrogens with two attached hydrogens (primary N) is 1. The predicted octanol–water partition coefficient (Wildman–Crippen LogP) is 1.42. The van der Waals surface area contributed by atoms with Gasteiger partial charge in [0.25, 0.3) is 0 Å². The Hall–Kier alpha value is -1.64. The van der Waals surface area contributed by atoms with E-state index in [2.05, 4.69) is 11.6 Å². The summed E-state index contributed by atoms with van der Waals surface area (Å²) in [5.41, 5.74) is 6.40. The summed E-state index contributed by atoms with van der Waals surface area (Å²) >= 11 is 0. The number of nitrogen functional groups attached to an aromatic ring is 1. The first-order chi connectivity index (χ1) is 5.74. The van der Waals surface area contributed by atoms with Crippen LogP contribution in [0.3, 0.4) is 0 Å². The van der Waals surface area contributed by atoms with Gasteiger partial charge in [-0.1, -0.05) is 6.08 Å². The minimum absolute atomic E-state index is 0.0370. The molecule has 0 aromatic carbocycles. The molecule has 1 aromatic rings. The molecule has 0 spiro atoms. The van der Waals surface area contributed by atoms with E-state index in [1.54, 1.807) is 18.2 Å². The smallest absolute Gasteiger partial charge is 0.184 e. The van der Waals surface area contributed by atoms with Crippen LogP contribution in [0.5, 0.6) is 0 Å². The number of pyridine rings is 1. The minimum Gasteiger partial charge on any atom is -0.397 e. The quantitative estimate of drug-likeness (QED) is 0.540. The van der Waals surface area contributed by atoms with Crippen LogP contribution in [0.25, 0.3) is 0 Å². The highest BCUT2D eigenvalue weighted by molar-refractivity contribution is 5.95. The molecule has 0 aliphatic carbocycles. The molecule has 1 heterocycles. The van der Waals surface area contributed by atoms with E-state index < -0.39 is 0 Å². The summed E-state index contributed by atoms with van der Waals surface area (Å²) < 4.78 is 0. The van der Waals surface area contributed by atoms with Gasteiger partial charge in [0.15, 0.2) is 5.78 Å². The first-order valence-corrected chi connectivity index (χ1v) is 3.59. The van der Waals surface area contributed by atoms with E-state index in [4.69, 9.17) is 5.73 Å². The molecule has 1 rings (SSSR count). The molecule has 0 fully saturated rings. The Kier molecular flexibility index (Phi) is 2.58. The van der Waals surface area contributed by atoms with Gasteiger partial charge in [-0.05, 0) is 12.1 Å². The molecule has 0 saturated heterocycles. The number of hydrogen-bond acceptors (Lipinski definition) is 3. The van der Waals surface area contributed by atoms with Crippen LogP contribution in [-0.2, 0) is 0 Å². The van der Waals surface area contributed by atoms with Crippen molar-refractivity contribution in [2.75, 3.05) is 5.73 Å². The fourth-order valence-corrected chi connectivity index (χ4v) is 0.806. The Morgan fingerprint density at radius 3 is 2.92 bits per heavy atom. The number of Topliss-reactive ketones (excluding diaryl/α,β-unsaturated/α-hetero) is 1. The Bertz CT molecular complexity index is 290. The second-order valence-corrected chi connectivity index (χ2v) is 2.39. The molecule has 0 aliphatic rings. The summed E-state index contributed by atoms with van der Waals surface area (Å²) in [4.78, 5) is 15.1. The summed E-state index contributed by atoms with van der Waals surface area (Å²) in [7, 11) is 0. The van der Waals surface area contributed by atoms with Crippen LogP contribution < -0.4 is 5.73 Å². The molecular weight excluding hydrogens is 152 g/mol. The molecule has 0 atom stereocenters. The summed E-state index contributed by atoms with van der Waals surface area (Å²) in [6, 6.07) is 3.27. The van der Waals surface area contributed by atoms with Crippen LogP contribution >= 0.6 is 0 Å². The number of hydrogen-bond donors (Lipinski definition) is 1. The van der Waals surface area contributed by atoms with Crippen molar-refractivity contribution in [1.82, 2.24) is 4.98 Å². The van der Waals surface area contributed by atoms with E-state index in [9.17, 15) is 4.79 Å². The molecule has 0 bridgehead atoms. The maximum atomic E-state index is 11.2. The molecule has 0 aliphatic heterocycles. The number of carbonyl (C=O) groups is 1. The summed E-state index contributed by atoms with van der Waals surface area (Å²) in [6.45, 7) is 3.47. The van der Waals surface area contributed by atoms with E-state index in [0.29, 0.717) is 17.8 Å². The van der Waals surface area contributed by atoms with Crippen LogP contribution in [0.2, 0.25) is 0 Å². The Morgan fingerprint density at radius 2 is 2.42 bits per heavy atom. The minimum atomic E-state index is -0.0370.